The van der Waals surface area contributed by atoms with Crippen LogP contribution in [0, 0.1) is 0 Å². The van der Waals surface area contributed by atoms with Crippen molar-refractivity contribution < 1.29 is 4.74 Å². The third-order valence-corrected chi connectivity index (χ3v) is 14.3. The maximum Gasteiger partial charge on any atom is 0.132 e. The second-order valence-electron chi connectivity index (χ2n) is 15.9. The minimum absolute atomic E-state index is 0.427. The number of anilines is 3. The van der Waals surface area contributed by atoms with E-state index in [9.17, 15) is 0 Å². The lowest BCUT2D eigenvalue weighted by Gasteiger charge is -2.40. The van der Waals surface area contributed by atoms with Gasteiger partial charge in [0, 0.05) is 37.9 Å². The van der Waals surface area contributed by atoms with Crippen molar-refractivity contribution in [1.82, 2.24) is 0 Å². The fourth-order valence-electron chi connectivity index (χ4n) is 11.1. The topological polar surface area (TPSA) is 12.5 Å². The van der Waals surface area contributed by atoms with Crippen LogP contribution in [0.2, 0.25) is 0 Å². The third-order valence-electron chi connectivity index (χ3n) is 13.2. The molecule has 0 fully saturated rings. The van der Waals surface area contributed by atoms with Crippen molar-refractivity contribution in [2.24, 2.45) is 0 Å². The summed E-state index contributed by atoms with van der Waals surface area (Å²) in [6.45, 7) is 0. The van der Waals surface area contributed by atoms with Gasteiger partial charge in [0.25, 0.3) is 0 Å². The zero-order valence-electron chi connectivity index (χ0n) is 32.0. The molecule has 13 rings (SSSR count). The van der Waals surface area contributed by atoms with E-state index in [1.54, 1.807) is 0 Å². The SMILES string of the molecule is c1ccc(N(c2ccc3c(c2)-c2ccccc2C32c3ccccc3Sc3ccccc32)c2cccc3c2-c2ccccc2C32c3ccccc3Oc3ccccc32)cc1. The van der Waals surface area contributed by atoms with Crippen LogP contribution in [0.15, 0.2) is 222 Å². The Hall–Kier alpha value is -7.07. The number of benzene rings is 9. The molecule has 59 heavy (non-hydrogen) atoms. The molecule has 0 saturated heterocycles. The second-order valence-corrected chi connectivity index (χ2v) is 17.0. The molecule has 2 heterocycles. The van der Waals surface area contributed by atoms with Crippen LogP contribution in [0.3, 0.4) is 0 Å². The maximum atomic E-state index is 6.66. The van der Waals surface area contributed by atoms with Crippen molar-refractivity contribution >= 4 is 28.8 Å². The van der Waals surface area contributed by atoms with Gasteiger partial charge in [0.15, 0.2) is 0 Å². The van der Waals surface area contributed by atoms with Gasteiger partial charge in [0.2, 0.25) is 0 Å². The first-order valence-electron chi connectivity index (χ1n) is 20.3. The zero-order valence-corrected chi connectivity index (χ0v) is 32.8. The fraction of sp³-hybridized carbons (Fsp3) is 0.0357. The van der Waals surface area contributed by atoms with Gasteiger partial charge < -0.3 is 9.64 Å². The second kappa shape index (κ2) is 12.2. The molecule has 2 nitrogen and oxygen atoms in total. The van der Waals surface area contributed by atoms with Gasteiger partial charge in [-0.05, 0) is 105 Å². The summed E-state index contributed by atoms with van der Waals surface area (Å²) in [5.41, 5.74) is 17.7. The Bertz CT molecular complexity index is 3110. The lowest BCUT2D eigenvalue weighted by Crippen LogP contribution is -2.32. The van der Waals surface area contributed by atoms with Crippen molar-refractivity contribution in [2.45, 2.75) is 20.6 Å². The van der Waals surface area contributed by atoms with Crippen LogP contribution in [0.4, 0.5) is 17.1 Å². The lowest BCUT2D eigenvalue weighted by molar-refractivity contribution is 0.436. The molecule has 2 aliphatic carbocycles. The number of fused-ring (bicyclic) bond motifs is 18. The molecule has 0 aromatic heterocycles. The molecule has 276 valence electrons. The summed E-state index contributed by atoms with van der Waals surface area (Å²) in [5.74, 6) is 1.80. The number of hydrogen-bond donors (Lipinski definition) is 0. The van der Waals surface area contributed by atoms with Crippen LogP contribution in [0.1, 0.15) is 44.5 Å². The summed E-state index contributed by atoms with van der Waals surface area (Å²) in [6, 6.07) is 78.4. The van der Waals surface area contributed by atoms with Crippen molar-refractivity contribution in [1.29, 1.82) is 0 Å². The smallest absolute Gasteiger partial charge is 0.132 e. The van der Waals surface area contributed by atoms with Crippen molar-refractivity contribution in [3.05, 3.63) is 257 Å². The summed E-state index contributed by atoms with van der Waals surface area (Å²) in [6.07, 6.45) is 0. The Balaban J connectivity index is 1.09. The van der Waals surface area contributed by atoms with E-state index < -0.39 is 10.8 Å². The molecular formula is C56H35NOS. The van der Waals surface area contributed by atoms with Gasteiger partial charge in [-0.15, -0.1) is 0 Å². The molecule has 0 radical (unpaired) electrons. The Morgan fingerprint density at radius 3 is 1.51 bits per heavy atom. The molecule has 0 unspecified atom stereocenters. The summed E-state index contributed by atoms with van der Waals surface area (Å²) in [4.78, 5) is 5.11. The highest BCUT2D eigenvalue weighted by Gasteiger charge is 2.53. The standard InChI is InChI=1S/C56H35NOS/c1-2-17-36(18-3-1)57(37-33-34-43-40(35-37)38-19-4-6-21-41(38)55(43)46-25-10-14-31-52(46)59-53-32-15-11-26-47(53)55)49-28-16-27-48-54(49)39-20-5-7-22-42(39)56(48)44-23-8-12-29-50(44)58-51-30-13-9-24-45(51)56/h1-35H. The van der Waals surface area contributed by atoms with Crippen LogP contribution in [0.25, 0.3) is 22.3 Å². The molecule has 2 aliphatic heterocycles. The normalized spacial score (nSPS) is 14.8. The van der Waals surface area contributed by atoms with Gasteiger partial charge in [-0.1, -0.05) is 169 Å². The molecule has 2 spiro atoms. The number of ether oxygens (including phenoxy) is 1. The van der Waals surface area contributed by atoms with Crippen LogP contribution >= 0.6 is 11.8 Å². The third kappa shape index (κ3) is 4.22. The van der Waals surface area contributed by atoms with Crippen molar-refractivity contribution in [3.63, 3.8) is 0 Å². The first-order chi connectivity index (χ1) is 29.3. The first-order valence-corrected chi connectivity index (χ1v) is 21.2. The molecule has 0 amide bonds. The average molecular weight is 770 g/mol. The van der Waals surface area contributed by atoms with Gasteiger partial charge >= 0.3 is 0 Å². The van der Waals surface area contributed by atoms with Crippen LogP contribution < -0.4 is 9.64 Å². The predicted octanol–water partition coefficient (Wildman–Crippen LogP) is 14.5. The van der Waals surface area contributed by atoms with Gasteiger partial charge in [-0.25, -0.2) is 0 Å². The summed E-state index contributed by atoms with van der Waals surface area (Å²) in [7, 11) is 0. The molecule has 9 aromatic carbocycles. The minimum atomic E-state index is -0.557. The molecule has 0 bridgehead atoms. The number of hydrogen-bond acceptors (Lipinski definition) is 3. The van der Waals surface area contributed by atoms with E-state index >= 15 is 0 Å². The van der Waals surface area contributed by atoms with E-state index in [0.29, 0.717) is 0 Å². The van der Waals surface area contributed by atoms with Crippen molar-refractivity contribution in [3.8, 4) is 33.8 Å². The quantitative estimate of drug-likeness (QED) is 0.178. The molecule has 4 aliphatic rings. The largest absolute Gasteiger partial charge is 0.457 e. The van der Waals surface area contributed by atoms with Crippen LogP contribution in [-0.2, 0) is 10.8 Å². The van der Waals surface area contributed by atoms with E-state index in [1.165, 1.54) is 76.6 Å². The number of para-hydroxylation sites is 3. The van der Waals surface area contributed by atoms with E-state index in [1.807, 2.05) is 11.8 Å². The molecule has 9 aromatic rings. The first kappa shape index (κ1) is 33.0. The Morgan fingerprint density at radius 1 is 0.339 bits per heavy atom. The highest BCUT2D eigenvalue weighted by Crippen LogP contribution is 2.65. The molecule has 3 heteroatoms. The van der Waals surface area contributed by atoms with E-state index in [4.69, 9.17) is 4.74 Å². The zero-order chi connectivity index (χ0) is 38.7. The summed E-state index contributed by atoms with van der Waals surface area (Å²) < 4.78 is 6.66. The molecule has 0 saturated carbocycles. The average Bonchev–Trinajstić information content (AvgIpc) is 3.76. The van der Waals surface area contributed by atoms with E-state index in [-0.39, 0.29) is 0 Å². The Morgan fingerprint density at radius 2 is 0.831 bits per heavy atom. The Labute approximate surface area is 348 Å². The summed E-state index contributed by atoms with van der Waals surface area (Å²) in [5, 5.41) is 0. The monoisotopic (exact) mass is 769 g/mol. The number of nitrogens with zero attached hydrogens (tertiary/aromatic N) is 1. The predicted molar refractivity (Wildman–Crippen MR) is 240 cm³/mol. The van der Waals surface area contributed by atoms with Crippen LogP contribution in [0.5, 0.6) is 11.5 Å². The summed E-state index contributed by atoms with van der Waals surface area (Å²) >= 11 is 1.89. The van der Waals surface area contributed by atoms with Gasteiger partial charge in [0.1, 0.15) is 11.5 Å². The van der Waals surface area contributed by atoms with E-state index in [0.717, 1.165) is 28.6 Å². The minimum Gasteiger partial charge on any atom is -0.457 e. The maximum absolute atomic E-state index is 6.66. The highest BCUT2D eigenvalue weighted by molar-refractivity contribution is 7.99. The van der Waals surface area contributed by atoms with Crippen LogP contribution in [-0.4, -0.2) is 0 Å². The molecule has 0 N–H and O–H groups in total. The van der Waals surface area contributed by atoms with Gasteiger partial charge in [-0.3, -0.25) is 0 Å². The highest BCUT2D eigenvalue weighted by atomic mass is 32.2. The molecular weight excluding hydrogens is 735 g/mol. The van der Waals surface area contributed by atoms with Gasteiger partial charge in [-0.2, -0.15) is 0 Å². The van der Waals surface area contributed by atoms with E-state index in [2.05, 4.69) is 217 Å². The fourth-order valence-corrected chi connectivity index (χ4v) is 12.3. The number of rotatable bonds is 3. The lowest BCUT2D eigenvalue weighted by atomic mass is 9.66. The Kier molecular flexibility index (Phi) is 6.83. The van der Waals surface area contributed by atoms with Crippen molar-refractivity contribution in [2.75, 3.05) is 4.90 Å². The molecule has 0 atom stereocenters. The van der Waals surface area contributed by atoms with Gasteiger partial charge in [0.05, 0.1) is 16.5 Å².